The van der Waals surface area contributed by atoms with E-state index in [1.165, 1.54) is 12.8 Å². The lowest BCUT2D eigenvalue weighted by atomic mass is 10.1. The number of hydrogen-bond donors (Lipinski definition) is 0. The Morgan fingerprint density at radius 3 is 2.85 bits per heavy atom. The highest BCUT2D eigenvalue weighted by molar-refractivity contribution is 9.09. The fourth-order valence-corrected chi connectivity index (χ4v) is 2.68. The molecule has 1 unspecified atom stereocenters. The summed E-state index contributed by atoms with van der Waals surface area (Å²) in [5, 5.41) is 0.939. The molecular formula is C10H16BrNO. The van der Waals surface area contributed by atoms with Crippen LogP contribution in [0.3, 0.4) is 0 Å². The van der Waals surface area contributed by atoms with Gasteiger partial charge in [0.25, 0.3) is 0 Å². The molecule has 0 aromatic carbocycles. The number of carbonyl (C=O) groups is 1. The number of halogens is 1. The molecule has 1 saturated heterocycles. The molecule has 1 atom stereocenters. The molecule has 3 heteroatoms. The van der Waals surface area contributed by atoms with E-state index < -0.39 is 0 Å². The average Bonchev–Trinajstić information content (AvgIpc) is 2.71. The summed E-state index contributed by atoms with van der Waals surface area (Å²) in [7, 11) is 0. The van der Waals surface area contributed by atoms with Crippen molar-refractivity contribution in [2.24, 2.45) is 5.41 Å². The van der Waals surface area contributed by atoms with Crippen LogP contribution in [0.15, 0.2) is 0 Å². The van der Waals surface area contributed by atoms with E-state index in [9.17, 15) is 4.79 Å². The quantitative estimate of drug-likeness (QED) is 0.684. The monoisotopic (exact) mass is 245 g/mol. The molecule has 1 amide bonds. The molecule has 1 heterocycles. The molecule has 2 nitrogen and oxygen atoms in total. The highest BCUT2D eigenvalue weighted by Gasteiger charge is 2.48. The van der Waals surface area contributed by atoms with Gasteiger partial charge in [0.15, 0.2) is 0 Å². The lowest BCUT2D eigenvalue weighted by molar-refractivity contribution is -0.136. The zero-order valence-corrected chi connectivity index (χ0v) is 9.64. The van der Waals surface area contributed by atoms with Crippen LogP contribution in [0.4, 0.5) is 0 Å². The van der Waals surface area contributed by atoms with Crippen LogP contribution in [0, 0.1) is 5.41 Å². The van der Waals surface area contributed by atoms with E-state index in [1.54, 1.807) is 0 Å². The number of carbonyl (C=O) groups excluding carboxylic acids is 1. The van der Waals surface area contributed by atoms with Crippen molar-refractivity contribution >= 4 is 21.8 Å². The minimum absolute atomic E-state index is 0.0186. The second-order valence-corrected chi connectivity index (χ2v) is 5.16. The van der Waals surface area contributed by atoms with Gasteiger partial charge in [-0.25, -0.2) is 0 Å². The normalized spacial score (nSPS) is 30.6. The summed E-state index contributed by atoms with van der Waals surface area (Å²) in [4.78, 5) is 14.1. The Labute approximate surface area is 87.8 Å². The van der Waals surface area contributed by atoms with Gasteiger partial charge >= 0.3 is 0 Å². The van der Waals surface area contributed by atoms with Gasteiger partial charge in [-0.05, 0) is 25.7 Å². The fraction of sp³-hybridized carbons (Fsp3) is 0.900. The average molecular weight is 246 g/mol. The highest BCUT2D eigenvalue weighted by atomic mass is 79.9. The summed E-state index contributed by atoms with van der Waals surface area (Å²) in [6, 6.07) is 0.463. The second kappa shape index (κ2) is 3.26. The first-order chi connectivity index (χ1) is 6.17. The standard InChI is InChI=1S/C10H16BrNO/c1-10(4-5-10)9(13)12-6-2-3-8(12)7-11/h8H,2-7H2,1H3. The summed E-state index contributed by atoms with van der Waals surface area (Å²) in [5.74, 6) is 0.398. The van der Waals surface area contributed by atoms with Crippen LogP contribution in [0.1, 0.15) is 32.6 Å². The number of hydrogen-bond acceptors (Lipinski definition) is 1. The zero-order valence-electron chi connectivity index (χ0n) is 8.05. The smallest absolute Gasteiger partial charge is 0.228 e. The molecular weight excluding hydrogens is 230 g/mol. The number of rotatable bonds is 2. The molecule has 74 valence electrons. The Balaban J connectivity index is 2.03. The van der Waals surface area contributed by atoms with Crippen LogP contribution in [0.2, 0.25) is 0 Å². The molecule has 0 aromatic heterocycles. The van der Waals surface area contributed by atoms with Crippen LogP contribution >= 0.6 is 15.9 Å². The summed E-state index contributed by atoms with van der Waals surface area (Å²) >= 11 is 3.48. The maximum atomic E-state index is 12.0. The molecule has 13 heavy (non-hydrogen) atoms. The van der Waals surface area contributed by atoms with E-state index in [0.717, 1.165) is 24.7 Å². The third kappa shape index (κ3) is 1.63. The first-order valence-electron chi connectivity index (χ1n) is 5.04. The summed E-state index contributed by atoms with van der Waals surface area (Å²) in [5.41, 5.74) is 0.0186. The molecule has 1 aliphatic heterocycles. The van der Waals surface area contributed by atoms with Crippen molar-refractivity contribution < 1.29 is 4.79 Å². The van der Waals surface area contributed by atoms with E-state index in [0.29, 0.717) is 11.9 Å². The molecule has 1 aliphatic carbocycles. The van der Waals surface area contributed by atoms with Crippen LogP contribution < -0.4 is 0 Å². The first kappa shape index (κ1) is 9.50. The number of likely N-dealkylation sites (tertiary alicyclic amines) is 1. The van der Waals surface area contributed by atoms with Crippen molar-refractivity contribution in [1.82, 2.24) is 4.90 Å². The number of amides is 1. The second-order valence-electron chi connectivity index (χ2n) is 4.51. The summed E-state index contributed by atoms with van der Waals surface area (Å²) in [6.45, 7) is 3.07. The van der Waals surface area contributed by atoms with Crippen molar-refractivity contribution in [1.29, 1.82) is 0 Å². The Hall–Kier alpha value is -0.0500. The molecule has 0 spiro atoms. The summed E-state index contributed by atoms with van der Waals surface area (Å²) in [6.07, 6.45) is 4.54. The van der Waals surface area contributed by atoms with Gasteiger partial charge < -0.3 is 4.90 Å². The molecule has 0 N–H and O–H groups in total. The molecule has 2 rings (SSSR count). The van der Waals surface area contributed by atoms with Gasteiger partial charge in [0.05, 0.1) is 0 Å². The van der Waals surface area contributed by atoms with Gasteiger partial charge in [-0.2, -0.15) is 0 Å². The van der Waals surface area contributed by atoms with Gasteiger partial charge in [-0.15, -0.1) is 0 Å². The van der Waals surface area contributed by atoms with Crippen molar-refractivity contribution in [3.8, 4) is 0 Å². The topological polar surface area (TPSA) is 20.3 Å². The van der Waals surface area contributed by atoms with Crippen LogP contribution in [-0.2, 0) is 4.79 Å². The molecule has 0 radical (unpaired) electrons. The molecule has 1 saturated carbocycles. The maximum absolute atomic E-state index is 12.0. The lowest BCUT2D eigenvalue weighted by Gasteiger charge is -2.26. The SMILES string of the molecule is CC1(C(=O)N2CCCC2CBr)CC1. The fourth-order valence-electron chi connectivity index (χ4n) is 2.01. The highest BCUT2D eigenvalue weighted by Crippen LogP contribution is 2.47. The van der Waals surface area contributed by atoms with Crippen LogP contribution in [0.5, 0.6) is 0 Å². The predicted octanol–water partition coefficient (Wildman–Crippen LogP) is 2.17. The van der Waals surface area contributed by atoms with Gasteiger partial charge in [0.1, 0.15) is 0 Å². The Kier molecular flexibility index (Phi) is 2.39. The van der Waals surface area contributed by atoms with Crippen molar-refractivity contribution in [2.45, 2.75) is 38.6 Å². The third-order valence-electron chi connectivity index (χ3n) is 3.33. The Morgan fingerprint density at radius 1 is 1.62 bits per heavy atom. The van der Waals surface area contributed by atoms with Crippen LogP contribution in [-0.4, -0.2) is 28.7 Å². The first-order valence-corrected chi connectivity index (χ1v) is 6.16. The van der Waals surface area contributed by atoms with Crippen LogP contribution in [0.25, 0.3) is 0 Å². The maximum Gasteiger partial charge on any atom is 0.228 e. The summed E-state index contributed by atoms with van der Waals surface area (Å²) < 4.78 is 0. The number of nitrogens with zero attached hydrogens (tertiary/aromatic N) is 1. The lowest BCUT2D eigenvalue weighted by Crippen LogP contribution is -2.40. The Morgan fingerprint density at radius 2 is 2.31 bits per heavy atom. The van der Waals surface area contributed by atoms with E-state index in [2.05, 4.69) is 27.8 Å². The van der Waals surface area contributed by atoms with E-state index >= 15 is 0 Å². The van der Waals surface area contributed by atoms with Crippen molar-refractivity contribution in [3.05, 3.63) is 0 Å². The minimum atomic E-state index is 0.0186. The van der Waals surface area contributed by atoms with E-state index in [1.807, 2.05) is 0 Å². The van der Waals surface area contributed by atoms with Gasteiger partial charge in [0, 0.05) is 23.3 Å². The van der Waals surface area contributed by atoms with Crippen molar-refractivity contribution in [3.63, 3.8) is 0 Å². The molecule has 0 aromatic rings. The third-order valence-corrected chi connectivity index (χ3v) is 4.08. The van der Waals surface area contributed by atoms with Gasteiger partial charge in [-0.1, -0.05) is 22.9 Å². The molecule has 0 bridgehead atoms. The number of alkyl halides is 1. The van der Waals surface area contributed by atoms with Crippen molar-refractivity contribution in [2.75, 3.05) is 11.9 Å². The zero-order chi connectivity index (χ0) is 9.47. The van der Waals surface area contributed by atoms with E-state index in [4.69, 9.17) is 0 Å². The minimum Gasteiger partial charge on any atom is -0.338 e. The Bertz CT molecular complexity index is 225. The molecule has 2 aliphatic rings. The van der Waals surface area contributed by atoms with Gasteiger partial charge in [0.2, 0.25) is 5.91 Å². The predicted molar refractivity (Wildman–Crippen MR) is 55.9 cm³/mol. The largest absolute Gasteiger partial charge is 0.338 e. The molecule has 2 fully saturated rings. The van der Waals surface area contributed by atoms with Gasteiger partial charge in [-0.3, -0.25) is 4.79 Å². The van der Waals surface area contributed by atoms with E-state index in [-0.39, 0.29) is 5.41 Å².